The number of nitrogens with one attached hydrogen (secondary N) is 1. The number of H-pyrrole nitrogens is 1. The van der Waals surface area contributed by atoms with Crippen LogP contribution in [0.15, 0.2) is 21.5 Å². The predicted molar refractivity (Wildman–Crippen MR) is 74.9 cm³/mol. The molecule has 102 valence electrons. The minimum absolute atomic E-state index is 0.114. The maximum absolute atomic E-state index is 12.5. The molecule has 1 amide bonds. The van der Waals surface area contributed by atoms with Crippen LogP contribution in [-0.2, 0) is 0 Å². The lowest BCUT2D eigenvalue weighted by Gasteiger charge is -2.23. The first-order valence-corrected chi connectivity index (χ1v) is 7.25. The van der Waals surface area contributed by atoms with Gasteiger partial charge in [-0.05, 0) is 34.7 Å². The van der Waals surface area contributed by atoms with Gasteiger partial charge in [0.1, 0.15) is 0 Å². The second-order valence-corrected chi connectivity index (χ2v) is 6.42. The van der Waals surface area contributed by atoms with Crippen molar-refractivity contribution in [1.82, 2.24) is 9.88 Å². The minimum Gasteiger partial charge on any atom is -0.336 e. The molecule has 1 saturated heterocycles. The van der Waals surface area contributed by atoms with Gasteiger partial charge in [-0.2, -0.15) is 0 Å². The Labute approximate surface area is 119 Å². The number of aromatic amines is 1. The molecular weight excluding hydrogens is 310 g/mol. The van der Waals surface area contributed by atoms with Gasteiger partial charge in [0.25, 0.3) is 5.91 Å². The van der Waals surface area contributed by atoms with Crippen molar-refractivity contribution in [3.63, 3.8) is 0 Å². The summed E-state index contributed by atoms with van der Waals surface area (Å²) in [6, 6.07) is 1.34. The molecule has 5 nitrogen and oxygen atoms in total. The van der Waals surface area contributed by atoms with Crippen LogP contribution in [0.3, 0.4) is 0 Å². The van der Waals surface area contributed by atoms with Crippen molar-refractivity contribution in [2.45, 2.75) is 24.8 Å². The summed E-state index contributed by atoms with van der Waals surface area (Å²) in [5.74, 6) is 0.287. The van der Waals surface area contributed by atoms with E-state index in [-0.39, 0.29) is 17.0 Å². The number of fused-ring (bicyclic) bond motifs is 1. The molecule has 1 aromatic heterocycles. The summed E-state index contributed by atoms with van der Waals surface area (Å²) < 4.78 is 0.611. The van der Waals surface area contributed by atoms with Crippen LogP contribution in [-0.4, -0.2) is 34.4 Å². The number of hydrogen-bond donors (Lipinski definition) is 2. The Morgan fingerprint density at radius 1 is 1.58 bits per heavy atom. The van der Waals surface area contributed by atoms with Gasteiger partial charge in [0, 0.05) is 35.4 Å². The SMILES string of the molecule is NC12CCCC1CN(C(=O)c1cc(=O)[nH]cc1Br)C2. The van der Waals surface area contributed by atoms with Crippen LogP contribution in [0.5, 0.6) is 0 Å². The largest absolute Gasteiger partial charge is 0.336 e. The molecule has 0 bridgehead atoms. The third-order valence-electron chi connectivity index (χ3n) is 4.33. The summed E-state index contributed by atoms with van der Waals surface area (Å²) in [7, 11) is 0. The van der Waals surface area contributed by atoms with E-state index in [1.165, 1.54) is 12.3 Å². The summed E-state index contributed by atoms with van der Waals surface area (Å²) >= 11 is 3.30. The highest BCUT2D eigenvalue weighted by Crippen LogP contribution is 2.40. The van der Waals surface area contributed by atoms with E-state index < -0.39 is 0 Å². The second-order valence-electron chi connectivity index (χ2n) is 5.57. The number of nitrogens with two attached hydrogens (primary N) is 1. The maximum atomic E-state index is 12.5. The third kappa shape index (κ3) is 2.12. The van der Waals surface area contributed by atoms with Crippen LogP contribution in [0.2, 0.25) is 0 Å². The quantitative estimate of drug-likeness (QED) is 0.811. The summed E-state index contributed by atoms with van der Waals surface area (Å²) in [6.45, 7) is 1.30. The number of rotatable bonds is 1. The highest BCUT2D eigenvalue weighted by molar-refractivity contribution is 9.10. The molecule has 19 heavy (non-hydrogen) atoms. The average molecular weight is 326 g/mol. The number of carbonyl (C=O) groups is 1. The summed E-state index contributed by atoms with van der Waals surface area (Å²) in [4.78, 5) is 28.1. The van der Waals surface area contributed by atoms with E-state index in [4.69, 9.17) is 5.73 Å². The average Bonchev–Trinajstić information content (AvgIpc) is 2.86. The van der Waals surface area contributed by atoms with Gasteiger partial charge in [-0.15, -0.1) is 0 Å². The van der Waals surface area contributed by atoms with Crippen LogP contribution in [0, 0.1) is 5.92 Å². The van der Waals surface area contributed by atoms with Gasteiger partial charge >= 0.3 is 0 Å². The molecule has 1 aliphatic heterocycles. The molecule has 3 N–H and O–H groups in total. The monoisotopic (exact) mass is 325 g/mol. The molecule has 2 atom stereocenters. The van der Waals surface area contributed by atoms with E-state index in [2.05, 4.69) is 20.9 Å². The minimum atomic E-state index is -0.270. The lowest BCUT2D eigenvalue weighted by atomic mass is 9.92. The van der Waals surface area contributed by atoms with E-state index >= 15 is 0 Å². The molecule has 1 aromatic rings. The molecule has 0 aromatic carbocycles. The molecule has 6 heteroatoms. The van der Waals surface area contributed by atoms with Crippen LogP contribution < -0.4 is 11.3 Å². The number of pyridine rings is 1. The Balaban J connectivity index is 1.86. The summed E-state index contributed by atoms with van der Waals surface area (Å²) in [6.07, 6.45) is 4.73. The second kappa shape index (κ2) is 4.45. The number of hydrogen-bond acceptors (Lipinski definition) is 3. The van der Waals surface area contributed by atoms with Gasteiger partial charge in [0.15, 0.2) is 0 Å². The number of amides is 1. The Kier molecular flexibility index (Phi) is 3.02. The van der Waals surface area contributed by atoms with E-state index in [1.54, 1.807) is 4.90 Å². The standard InChI is InChI=1S/C13H16BrN3O2/c14-10-5-16-11(18)4-9(10)12(19)17-6-8-2-1-3-13(8,15)7-17/h4-5,8H,1-3,6-7,15H2,(H,16,18). The van der Waals surface area contributed by atoms with Gasteiger partial charge in [0.05, 0.1) is 5.56 Å². The van der Waals surface area contributed by atoms with Gasteiger partial charge in [0.2, 0.25) is 5.56 Å². The first-order valence-electron chi connectivity index (χ1n) is 6.46. The van der Waals surface area contributed by atoms with Crippen LogP contribution in [0.25, 0.3) is 0 Å². The van der Waals surface area contributed by atoms with Crippen LogP contribution in [0.1, 0.15) is 29.6 Å². The van der Waals surface area contributed by atoms with E-state index in [9.17, 15) is 9.59 Å². The van der Waals surface area contributed by atoms with Gasteiger partial charge in [-0.1, -0.05) is 6.42 Å². The normalized spacial score (nSPS) is 29.6. The number of likely N-dealkylation sites (tertiary alicyclic amines) is 1. The van der Waals surface area contributed by atoms with Gasteiger partial charge < -0.3 is 15.6 Å². The highest BCUT2D eigenvalue weighted by atomic mass is 79.9. The van der Waals surface area contributed by atoms with Crippen molar-refractivity contribution < 1.29 is 4.79 Å². The Morgan fingerprint density at radius 2 is 2.37 bits per heavy atom. The number of aromatic nitrogens is 1. The van der Waals surface area contributed by atoms with Crippen LogP contribution >= 0.6 is 15.9 Å². The lowest BCUT2D eigenvalue weighted by molar-refractivity contribution is 0.0777. The molecule has 2 unspecified atom stereocenters. The first kappa shape index (κ1) is 12.9. The summed E-state index contributed by atoms with van der Waals surface area (Å²) in [5.41, 5.74) is 6.29. The molecule has 1 saturated carbocycles. The number of halogens is 1. The molecule has 0 radical (unpaired) electrons. The highest BCUT2D eigenvalue weighted by Gasteiger charge is 2.48. The Bertz CT molecular complexity index is 585. The fraction of sp³-hybridized carbons (Fsp3) is 0.538. The third-order valence-corrected chi connectivity index (χ3v) is 4.98. The van der Waals surface area contributed by atoms with E-state index in [0.29, 0.717) is 29.0 Å². The molecule has 2 aliphatic rings. The van der Waals surface area contributed by atoms with Gasteiger partial charge in [-0.3, -0.25) is 9.59 Å². The fourth-order valence-corrected chi connectivity index (χ4v) is 3.68. The molecule has 1 aliphatic carbocycles. The van der Waals surface area contributed by atoms with E-state index in [0.717, 1.165) is 19.3 Å². The molecule has 3 rings (SSSR count). The van der Waals surface area contributed by atoms with Crippen molar-refractivity contribution in [3.8, 4) is 0 Å². The van der Waals surface area contributed by atoms with Crippen LogP contribution in [0.4, 0.5) is 0 Å². The van der Waals surface area contributed by atoms with Crippen molar-refractivity contribution >= 4 is 21.8 Å². The van der Waals surface area contributed by atoms with E-state index in [1.807, 2.05) is 0 Å². The van der Waals surface area contributed by atoms with Crippen molar-refractivity contribution in [2.75, 3.05) is 13.1 Å². The first-order chi connectivity index (χ1) is 8.99. The summed E-state index contributed by atoms with van der Waals surface area (Å²) in [5, 5.41) is 0. The molecule has 2 heterocycles. The number of carbonyl (C=O) groups excluding carboxylic acids is 1. The molecule has 2 fully saturated rings. The zero-order chi connectivity index (χ0) is 13.6. The smallest absolute Gasteiger partial charge is 0.255 e. The van der Waals surface area contributed by atoms with Crippen molar-refractivity contribution in [2.24, 2.45) is 11.7 Å². The topological polar surface area (TPSA) is 79.2 Å². The Morgan fingerprint density at radius 3 is 3.11 bits per heavy atom. The zero-order valence-electron chi connectivity index (χ0n) is 10.5. The lowest BCUT2D eigenvalue weighted by Crippen LogP contribution is -2.45. The molecular formula is C13H16BrN3O2. The fourth-order valence-electron chi connectivity index (χ4n) is 3.28. The predicted octanol–water partition coefficient (Wildman–Crippen LogP) is 1.09. The maximum Gasteiger partial charge on any atom is 0.255 e. The zero-order valence-corrected chi connectivity index (χ0v) is 12.1. The van der Waals surface area contributed by atoms with Crippen molar-refractivity contribution in [1.29, 1.82) is 0 Å². The molecule has 0 spiro atoms. The van der Waals surface area contributed by atoms with Gasteiger partial charge in [-0.25, -0.2) is 0 Å². The van der Waals surface area contributed by atoms with Crippen molar-refractivity contribution in [3.05, 3.63) is 32.7 Å². The number of nitrogens with zero attached hydrogens (tertiary/aromatic N) is 1. The Hall–Kier alpha value is -1.14.